The van der Waals surface area contributed by atoms with Gasteiger partial charge in [0.25, 0.3) is 0 Å². The number of carbonyl (C=O) groups excluding carboxylic acids is 1. The molecule has 98 valence electrons. The van der Waals surface area contributed by atoms with Crippen molar-refractivity contribution in [2.75, 3.05) is 11.1 Å². The topological polar surface area (TPSA) is 83.5 Å². The molecular formula is C11H12BrNO4S. The lowest BCUT2D eigenvalue weighted by atomic mass is 10.3. The molecule has 1 rings (SSSR count). The molecule has 0 aliphatic rings. The number of nitrogens with one attached hydrogen (secondary N) is 1. The Labute approximate surface area is 115 Å². The van der Waals surface area contributed by atoms with E-state index in [-0.39, 0.29) is 5.75 Å². The molecule has 5 nitrogen and oxygen atoms in total. The third-order valence-electron chi connectivity index (χ3n) is 2.16. The SMILES string of the molecule is CC(C(=O)O)S(=O)CC(=O)Nc1ccccc1Br. The van der Waals surface area contributed by atoms with Crippen molar-refractivity contribution in [3.8, 4) is 0 Å². The number of para-hydroxylation sites is 1. The van der Waals surface area contributed by atoms with Gasteiger partial charge in [0.2, 0.25) is 5.91 Å². The Bertz CT molecular complexity index is 492. The average Bonchev–Trinajstić information content (AvgIpc) is 2.30. The Hall–Kier alpha value is -1.21. The lowest BCUT2D eigenvalue weighted by Gasteiger charge is -2.08. The van der Waals surface area contributed by atoms with Gasteiger partial charge in [0.05, 0.1) is 5.69 Å². The number of hydrogen-bond acceptors (Lipinski definition) is 3. The minimum atomic E-state index is -1.73. The van der Waals surface area contributed by atoms with Gasteiger partial charge < -0.3 is 10.4 Å². The first kappa shape index (κ1) is 14.8. The van der Waals surface area contributed by atoms with Crippen LogP contribution >= 0.6 is 15.9 Å². The summed E-state index contributed by atoms with van der Waals surface area (Å²) in [6, 6.07) is 6.99. The van der Waals surface area contributed by atoms with E-state index < -0.39 is 27.9 Å². The fourth-order valence-electron chi connectivity index (χ4n) is 1.12. The first-order chi connectivity index (χ1) is 8.41. The highest BCUT2D eigenvalue weighted by molar-refractivity contribution is 9.10. The van der Waals surface area contributed by atoms with Crippen LogP contribution in [0.1, 0.15) is 6.92 Å². The lowest BCUT2D eigenvalue weighted by molar-refractivity contribution is -0.136. The highest BCUT2D eigenvalue weighted by Crippen LogP contribution is 2.21. The second-order valence-electron chi connectivity index (χ2n) is 3.53. The molecule has 7 heteroatoms. The van der Waals surface area contributed by atoms with Gasteiger partial charge in [0.15, 0.2) is 0 Å². The molecule has 18 heavy (non-hydrogen) atoms. The number of hydrogen-bond donors (Lipinski definition) is 2. The maximum Gasteiger partial charge on any atom is 0.318 e. The van der Waals surface area contributed by atoms with Gasteiger partial charge in [0.1, 0.15) is 11.0 Å². The summed E-state index contributed by atoms with van der Waals surface area (Å²) in [4.78, 5) is 22.2. The normalized spacial score (nSPS) is 13.7. The monoisotopic (exact) mass is 333 g/mol. The zero-order valence-electron chi connectivity index (χ0n) is 9.55. The molecule has 0 spiro atoms. The average molecular weight is 334 g/mol. The number of amides is 1. The smallest absolute Gasteiger partial charge is 0.318 e. The molecule has 0 fully saturated rings. The fourth-order valence-corrected chi connectivity index (χ4v) is 2.30. The van der Waals surface area contributed by atoms with Gasteiger partial charge >= 0.3 is 5.97 Å². The summed E-state index contributed by atoms with van der Waals surface area (Å²) in [5.74, 6) is -2.00. The molecule has 0 aromatic heterocycles. The first-order valence-electron chi connectivity index (χ1n) is 5.06. The number of carbonyl (C=O) groups is 2. The molecule has 0 saturated heterocycles. The Balaban J connectivity index is 2.60. The van der Waals surface area contributed by atoms with Gasteiger partial charge in [-0.05, 0) is 35.0 Å². The Kier molecular flexibility index (Phi) is 5.49. The Morgan fingerprint density at radius 2 is 2.06 bits per heavy atom. The van der Waals surface area contributed by atoms with Crippen LogP contribution in [0.2, 0.25) is 0 Å². The molecule has 0 radical (unpaired) electrons. The van der Waals surface area contributed by atoms with Crippen LogP contribution < -0.4 is 5.32 Å². The van der Waals surface area contributed by atoms with E-state index in [0.29, 0.717) is 10.2 Å². The summed E-state index contributed by atoms with van der Waals surface area (Å²) in [7, 11) is -1.73. The van der Waals surface area contributed by atoms with Gasteiger partial charge in [-0.25, -0.2) is 0 Å². The van der Waals surface area contributed by atoms with Crippen LogP contribution in [0.15, 0.2) is 28.7 Å². The third kappa shape index (κ3) is 4.23. The molecule has 1 aromatic carbocycles. The van der Waals surface area contributed by atoms with Crippen LogP contribution in [0.25, 0.3) is 0 Å². The van der Waals surface area contributed by atoms with E-state index in [9.17, 15) is 13.8 Å². The van der Waals surface area contributed by atoms with Crippen LogP contribution in [0.4, 0.5) is 5.69 Å². The van der Waals surface area contributed by atoms with E-state index in [1.165, 1.54) is 6.92 Å². The molecule has 2 unspecified atom stereocenters. The van der Waals surface area contributed by atoms with Crippen LogP contribution in [0.3, 0.4) is 0 Å². The largest absolute Gasteiger partial charge is 0.480 e. The highest BCUT2D eigenvalue weighted by Gasteiger charge is 2.21. The number of aliphatic carboxylic acids is 1. The molecule has 0 aliphatic carbocycles. The number of carboxylic acid groups (broad SMARTS) is 1. The van der Waals surface area contributed by atoms with Crippen LogP contribution in [0, 0.1) is 0 Å². The summed E-state index contributed by atoms with van der Waals surface area (Å²) in [6.07, 6.45) is 0. The number of halogens is 1. The minimum absolute atomic E-state index is 0.338. The quantitative estimate of drug-likeness (QED) is 0.857. The number of anilines is 1. The summed E-state index contributed by atoms with van der Waals surface area (Å²) in [5, 5.41) is 10.2. The van der Waals surface area contributed by atoms with Gasteiger partial charge in [-0.3, -0.25) is 13.8 Å². The van der Waals surface area contributed by atoms with E-state index in [1.807, 2.05) is 0 Å². The van der Waals surface area contributed by atoms with Crippen molar-refractivity contribution in [2.24, 2.45) is 0 Å². The van der Waals surface area contributed by atoms with Crippen LogP contribution in [-0.4, -0.2) is 32.2 Å². The summed E-state index contributed by atoms with van der Waals surface area (Å²) in [6.45, 7) is 1.31. The number of benzene rings is 1. The third-order valence-corrected chi connectivity index (χ3v) is 4.39. The van der Waals surface area contributed by atoms with Crippen molar-refractivity contribution in [1.82, 2.24) is 0 Å². The maximum absolute atomic E-state index is 11.6. The van der Waals surface area contributed by atoms with E-state index >= 15 is 0 Å². The van der Waals surface area contributed by atoms with Crippen molar-refractivity contribution in [1.29, 1.82) is 0 Å². The molecule has 0 aliphatic heterocycles. The second kappa shape index (κ2) is 6.65. The minimum Gasteiger partial charge on any atom is -0.480 e. The van der Waals surface area contributed by atoms with Crippen molar-refractivity contribution in [3.05, 3.63) is 28.7 Å². The Morgan fingerprint density at radius 1 is 1.44 bits per heavy atom. The second-order valence-corrected chi connectivity index (χ2v) is 6.15. The van der Waals surface area contributed by atoms with Crippen LogP contribution in [0.5, 0.6) is 0 Å². The predicted molar refractivity (Wildman–Crippen MR) is 72.9 cm³/mol. The summed E-state index contributed by atoms with van der Waals surface area (Å²) >= 11 is 3.26. The molecule has 0 heterocycles. The van der Waals surface area contributed by atoms with Crippen molar-refractivity contribution in [2.45, 2.75) is 12.2 Å². The zero-order valence-corrected chi connectivity index (χ0v) is 12.0. The number of carboxylic acids is 1. The standard InChI is InChI=1S/C11H12BrNO4S/c1-7(11(15)16)18(17)6-10(14)13-9-5-3-2-4-8(9)12/h2-5,7H,6H2,1H3,(H,13,14)(H,15,16). The van der Waals surface area contributed by atoms with E-state index in [4.69, 9.17) is 5.11 Å². The molecule has 0 saturated carbocycles. The van der Waals surface area contributed by atoms with E-state index in [0.717, 1.165) is 0 Å². The van der Waals surface area contributed by atoms with Crippen LogP contribution in [-0.2, 0) is 20.4 Å². The fraction of sp³-hybridized carbons (Fsp3) is 0.273. The predicted octanol–water partition coefficient (Wildman–Crippen LogP) is 1.61. The molecule has 0 bridgehead atoms. The summed E-state index contributed by atoms with van der Waals surface area (Å²) < 4.78 is 12.2. The molecule has 2 N–H and O–H groups in total. The van der Waals surface area contributed by atoms with Gasteiger partial charge in [-0.2, -0.15) is 0 Å². The molecule has 1 aromatic rings. The number of rotatable bonds is 5. The lowest BCUT2D eigenvalue weighted by Crippen LogP contribution is -2.29. The molecule has 2 atom stereocenters. The van der Waals surface area contributed by atoms with Crippen molar-refractivity contribution < 1.29 is 18.9 Å². The van der Waals surface area contributed by atoms with E-state index in [1.54, 1.807) is 24.3 Å². The molecule has 1 amide bonds. The van der Waals surface area contributed by atoms with Gasteiger partial charge in [-0.15, -0.1) is 0 Å². The van der Waals surface area contributed by atoms with Crippen molar-refractivity contribution >= 4 is 44.3 Å². The van der Waals surface area contributed by atoms with Gasteiger partial charge in [0, 0.05) is 15.3 Å². The first-order valence-corrected chi connectivity index (χ1v) is 7.23. The van der Waals surface area contributed by atoms with E-state index in [2.05, 4.69) is 21.2 Å². The Morgan fingerprint density at radius 3 is 2.61 bits per heavy atom. The summed E-state index contributed by atoms with van der Waals surface area (Å²) in [5.41, 5.74) is 0.558. The van der Waals surface area contributed by atoms with Crippen molar-refractivity contribution in [3.63, 3.8) is 0 Å². The zero-order chi connectivity index (χ0) is 13.7. The maximum atomic E-state index is 11.6. The molecular weight excluding hydrogens is 322 g/mol. The van der Waals surface area contributed by atoms with Gasteiger partial charge in [-0.1, -0.05) is 12.1 Å². The highest BCUT2D eigenvalue weighted by atomic mass is 79.9.